The smallest absolute Gasteiger partial charge is 0.0961 e. The number of benzene rings is 1. The molecule has 0 spiro atoms. The monoisotopic (exact) mass is 281 g/mol. The molecule has 2 atom stereocenters. The number of rotatable bonds is 3. The second-order valence-electron chi connectivity index (χ2n) is 6.53. The number of aromatic nitrogens is 2. The standard InChI is InChI=1S/C18H23N3/c1-3-9-21-11-14-10-16-17(15(14)12-21)18(19-20(16)2)13-7-5-4-6-8-13/h4-8,14-15H,3,9-12H2,1-2H3/t14-,15-/m0/s1. The Labute approximate surface area is 126 Å². The zero-order valence-electron chi connectivity index (χ0n) is 12.9. The number of hydrogen-bond acceptors (Lipinski definition) is 2. The molecule has 0 amide bonds. The van der Waals surface area contributed by atoms with Crippen molar-refractivity contribution in [3.63, 3.8) is 0 Å². The highest BCUT2D eigenvalue weighted by Crippen LogP contribution is 2.46. The fourth-order valence-electron chi connectivity index (χ4n) is 4.26. The van der Waals surface area contributed by atoms with Crippen LogP contribution in [-0.2, 0) is 13.5 Å². The summed E-state index contributed by atoms with van der Waals surface area (Å²) in [6.45, 7) is 6.00. The third-order valence-electron chi connectivity index (χ3n) is 5.14. The Bertz CT molecular complexity index is 644. The van der Waals surface area contributed by atoms with Gasteiger partial charge in [0, 0.05) is 42.9 Å². The molecule has 3 heteroatoms. The first kappa shape index (κ1) is 13.1. The Morgan fingerprint density at radius 2 is 2.00 bits per heavy atom. The first-order valence-corrected chi connectivity index (χ1v) is 8.11. The van der Waals surface area contributed by atoms with Gasteiger partial charge in [0.2, 0.25) is 0 Å². The zero-order chi connectivity index (χ0) is 14.4. The van der Waals surface area contributed by atoms with Crippen LogP contribution < -0.4 is 0 Å². The largest absolute Gasteiger partial charge is 0.302 e. The highest BCUT2D eigenvalue weighted by Gasteiger charge is 2.43. The molecule has 1 aliphatic heterocycles. The molecular formula is C18H23N3. The summed E-state index contributed by atoms with van der Waals surface area (Å²) in [6, 6.07) is 10.7. The van der Waals surface area contributed by atoms with Crippen LogP contribution in [0, 0.1) is 5.92 Å². The van der Waals surface area contributed by atoms with Gasteiger partial charge >= 0.3 is 0 Å². The van der Waals surface area contributed by atoms with E-state index in [0.29, 0.717) is 5.92 Å². The van der Waals surface area contributed by atoms with E-state index < -0.39 is 0 Å². The molecule has 1 aromatic carbocycles. The Morgan fingerprint density at radius 3 is 2.76 bits per heavy atom. The molecule has 4 rings (SSSR count). The number of fused-ring (bicyclic) bond motifs is 3. The average molecular weight is 281 g/mol. The van der Waals surface area contributed by atoms with Crippen molar-refractivity contribution in [1.29, 1.82) is 0 Å². The van der Waals surface area contributed by atoms with Crippen molar-refractivity contribution in [2.45, 2.75) is 25.7 Å². The van der Waals surface area contributed by atoms with E-state index in [1.165, 1.54) is 55.0 Å². The van der Waals surface area contributed by atoms with Gasteiger partial charge in [-0.3, -0.25) is 4.68 Å². The minimum atomic E-state index is 0.690. The van der Waals surface area contributed by atoms with Crippen molar-refractivity contribution in [3.8, 4) is 11.3 Å². The van der Waals surface area contributed by atoms with Gasteiger partial charge in [0.25, 0.3) is 0 Å². The summed E-state index contributed by atoms with van der Waals surface area (Å²) in [5.41, 5.74) is 5.50. The van der Waals surface area contributed by atoms with Gasteiger partial charge in [-0.15, -0.1) is 0 Å². The molecule has 0 saturated carbocycles. The summed E-state index contributed by atoms with van der Waals surface area (Å²) in [6.07, 6.45) is 2.46. The van der Waals surface area contributed by atoms with Crippen molar-refractivity contribution in [1.82, 2.24) is 14.7 Å². The highest BCUT2D eigenvalue weighted by atomic mass is 15.3. The fraction of sp³-hybridized carbons (Fsp3) is 0.500. The van der Waals surface area contributed by atoms with Crippen molar-refractivity contribution >= 4 is 0 Å². The van der Waals surface area contributed by atoms with Crippen LogP contribution in [0.1, 0.15) is 30.5 Å². The number of hydrogen-bond donors (Lipinski definition) is 0. The topological polar surface area (TPSA) is 21.1 Å². The van der Waals surface area contributed by atoms with Crippen LogP contribution in [0.15, 0.2) is 30.3 Å². The van der Waals surface area contributed by atoms with Gasteiger partial charge in [-0.25, -0.2) is 0 Å². The Morgan fingerprint density at radius 1 is 1.19 bits per heavy atom. The normalized spacial score (nSPS) is 24.3. The second kappa shape index (κ2) is 4.99. The molecule has 0 unspecified atom stereocenters. The Balaban J connectivity index is 1.73. The summed E-state index contributed by atoms with van der Waals surface area (Å²) in [4.78, 5) is 2.64. The van der Waals surface area contributed by atoms with Gasteiger partial charge in [-0.1, -0.05) is 37.3 Å². The summed E-state index contributed by atoms with van der Waals surface area (Å²) < 4.78 is 2.13. The third kappa shape index (κ3) is 2.03. The lowest BCUT2D eigenvalue weighted by Crippen LogP contribution is -2.22. The van der Waals surface area contributed by atoms with E-state index in [9.17, 15) is 0 Å². The van der Waals surface area contributed by atoms with E-state index in [1.807, 2.05) is 0 Å². The number of aryl methyl sites for hydroxylation is 1. The molecule has 1 fully saturated rings. The van der Waals surface area contributed by atoms with Gasteiger partial charge in [0.1, 0.15) is 0 Å². The zero-order valence-corrected chi connectivity index (χ0v) is 12.9. The quantitative estimate of drug-likeness (QED) is 0.862. The lowest BCUT2D eigenvalue weighted by molar-refractivity contribution is 0.321. The van der Waals surface area contributed by atoms with Crippen LogP contribution in [-0.4, -0.2) is 34.3 Å². The SMILES string of the molecule is CCCN1C[C@@H]2Cc3c(c(-c4ccccc4)nn3C)[C@H]2C1. The van der Waals surface area contributed by atoms with Crippen LogP contribution in [0.3, 0.4) is 0 Å². The molecule has 1 aromatic heterocycles. The lowest BCUT2D eigenvalue weighted by atomic mass is 9.94. The molecule has 0 radical (unpaired) electrons. The molecule has 21 heavy (non-hydrogen) atoms. The summed E-state index contributed by atoms with van der Waals surface area (Å²) >= 11 is 0. The molecule has 0 bridgehead atoms. The van der Waals surface area contributed by atoms with E-state index in [-0.39, 0.29) is 0 Å². The predicted molar refractivity (Wildman–Crippen MR) is 85.3 cm³/mol. The highest BCUT2D eigenvalue weighted by molar-refractivity contribution is 5.66. The van der Waals surface area contributed by atoms with E-state index in [1.54, 1.807) is 0 Å². The van der Waals surface area contributed by atoms with Gasteiger partial charge < -0.3 is 4.90 Å². The first-order valence-electron chi connectivity index (χ1n) is 8.11. The van der Waals surface area contributed by atoms with Crippen LogP contribution in [0.25, 0.3) is 11.3 Å². The predicted octanol–water partition coefficient (Wildman–Crippen LogP) is 3.07. The summed E-state index contributed by atoms with van der Waals surface area (Å²) in [7, 11) is 2.11. The molecule has 3 nitrogen and oxygen atoms in total. The van der Waals surface area contributed by atoms with Crippen molar-refractivity contribution < 1.29 is 0 Å². The van der Waals surface area contributed by atoms with Gasteiger partial charge in [0.15, 0.2) is 0 Å². The number of likely N-dealkylation sites (tertiary alicyclic amines) is 1. The molecule has 2 aromatic rings. The van der Waals surface area contributed by atoms with Crippen LogP contribution in [0.5, 0.6) is 0 Å². The summed E-state index contributed by atoms with van der Waals surface area (Å²) in [5, 5.41) is 4.83. The lowest BCUT2D eigenvalue weighted by Gasteiger charge is -2.15. The van der Waals surface area contributed by atoms with Crippen molar-refractivity contribution in [3.05, 3.63) is 41.6 Å². The average Bonchev–Trinajstić information content (AvgIpc) is 3.12. The fourth-order valence-corrected chi connectivity index (χ4v) is 4.26. The molecule has 1 aliphatic carbocycles. The van der Waals surface area contributed by atoms with Gasteiger partial charge in [-0.05, 0) is 25.3 Å². The van der Waals surface area contributed by atoms with E-state index in [0.717, 1.165) is 5.92 Å². The maximum Gasteiger partial charge on any atom is 0.0961 e. The second-order valence-corrected chi connectivity index (χ2v) is 6.53. The van der Waals surface area contributed by atoms with Crippen molar-refractivity contribution in [2.75, 3.05) is 19.6 Å². The minimum Gasteiger partial charge on any atom is -0.302 e. The molecule has 2 heterocycles. The van der Waals surface area contributed by atoms with E-state index in [4.69, 9.17) is 5.10 Å². The minimum absolute atomic E-state index is 0.690. The third-order valence-corrected chi connectivity index (χ3v) is 5.14. The number of nitrogens with zero attached hydrogens (tertiary/aromatic N) is 3. The molecule has 1 saturated heterocycles. The maximum atomic E-state index is 4.83. The summed E-state index contributed by atoms with van der Waals surface area (Å²) in [5.74, 6) is 1.49. The maximum absolute atomic E-state index is 4.83. The Hall–Kier alpha value is -1.61. The molecule has 0 N–H and O–H groups in total. The Kier molecular flexibility index (Phi) is 3.11. The van der Waals surface area contributed by atoms with Crippen LogP contribution in [0.4, 0.5) is 0 Å². The first-order chi connectivity index (χ1) is 10.3. The van der Waals surface area contributed by atoms with E-state index >= 15 is 0 Å². The van der Waals surface area contributed by atoms with E-state index in [2.05, 4.69) is 53.9 Å². The molecular weight excluding hydrogens is 258 g/mol. The van der Waals surface area contributed by atoms with Crippen LogP contribution >= 0.6 is 0 Å². The van der Waals surface area contributed by atoms with Crippen molar-refractivity contribution in [2.24, 2.45) is 13.0 Å². The molecule has 110 valence electrons. The molecule has 2 aliphatic rings. The van der Waals surface area contributed by atoms with Gasteiger partial charge in [-0.2, -0.15) is 5.10 Å². The van der Waals surface area contributed by atoms with Gasteiger partial charge in [0.05, 0.1) is 5.69 Å². The van der Waals surface area contributed by atoms with Crippen LogP contribution in [0.2, 0.25) is 0 Å².